The molecule has 1 aromatic carbocycles. The van der Waals surface area contributed by atoms with Crippen LogP contribution in [0.2, 0.25) is 0 Å². The van der Waals surface area contributed by atoms with Crippen molar-refractivity contribution < 1.29 is 61.8 Å². The number of aryl methyl sites for hydroxylation is 1. The van der Waals surface area contributed by atoms with E-state index in [1.165, 1.54) is 56.2 Å². The van der Waals surface area contributed by atoms with Gasteiger partial charge >= 0.3 is 18.1 Å². The van der Waals surface area contributed by atoms with Crippen LogP contribution in [-0.4, -0.2) is 92.6 Å². The number of esters is 2. The molecule has 0 bridgehead atoms. The first kappa shape index (κ1) is 46.5. The lowest BCUT2D eigenvalue weighted by molar-refractivity contribution is -0.929. The van der Waals surface area contributed by atoms with Gasteiger partial charge in [-0.25, -0.2) is 9.79 Å². The number of carbonyl (C=O) groups is 3. The second-order valence-electron chi connectivity index (χ2n) is 15.1. The van der Waals surface area contributed by atoms with Crippen LogP contribution in [0.5, 0.6) is 0 Å². The van der Waals surface area contributed by atoms with Gasteiger partial charge in [0.15, 0.2) is 6.10 Å². The summed E-state index contributed by atoms with van der Waals surface area (Å²) in [6, 6.07) is 10.3. The monoisotopic (exact) mass is 896 g/mol. The number of hydrogen-bond donors (Lipinski definition) is 1. The largest absolute Gasteiger partial charge is 1.00 e. The Balaban J connectivity index is 0.00000812. The molecule has 2 aromatic rings. The standard InChI is InChI=1S/C42H65N4O7S.HI/c1-5-7-9-11-13-15-17-23-38(47)50-30-34(53-39(48)24-18-16-14-12-10-8-6-2)31-51-42(49)52-32-46(4)27-25-45(26-28-46)40-35-29-33(3)54-41(35)44-37-22-20-19-21-36(37)43-40;/h19-22,29,34,44H,5-18,23-28,30-32H2,1-4H3;1H/q+1;/p-1/t34-;/m0./s1. The van der Waals surface area contributed by atoms with Gasteiger partial charge in [0, 0.05) is 17.7 Å². The smallest absolute Gasteiger partial charge is 0.512 e. The third-order valence-electron chi connectivity index (χ3n) is 10.2. The summed E-state index contributed by atoms with van der Waals surface area (Å²) in [6.07, 6.45) is 14.2. The summed E-state index contributed by atoms with van der Waals surface area (Å²) in [5.74, 6) is 0.234. The molecule has 1 N–H and O–H groups in total. The Morgan fingerprint density at radius 2 is 1.40 bits per heavy atom. The molecule has 308 valence electrons. The minimum Gasteiger partial charge on any atom is -1.00 e. The Morgan fingerprint density at radius 3 is 2.05 bits per heavy atom. The number of benzene rings is 1. The maximum absolute atomic E-state index is 12.8. The zero-order valence-electron chi connectivity index (χ0n) is 33.7. The highest BCUT2D eigenvalue weighted by Crippen LogP contribution is 2.39. The number of rotatable bonds is 23. The minimum absolute atomic E-state index is 0. The van der Waals surface area contributed by atoms with E-state index in [2.05, 4.69) is 50.2 Å². The number of para-hydroxylation sites is 2. The Bertz CT molecular complexity index is 1490. The Kier molecular flexibility index (Phi) is 21.4. The summed E-state index contributed by atoms with van der Waals surface area (Å²) in [5.41, 5.74) is 3.00. The number of carbonyl (C=O) groups excluding carboxylic acids is 3. The third-order valence-corrected chi connectivity index (χ3v) is 11.1. The molecule has 1 fully saturated rings. The molecule has 1 saturated heterocycles. The highest BCUT2D eigenvalue weighted by molar-refractivity contribution is 7.16. The van der Waals surface area contributed by atoms with Crippen molar-refractivity contribution in [2.45, 2.75) is 130 Å². The van der Waals surface area contributed by atoms with Gasteiger partial charge in [0.05, 0.1) is 50.2 Å². The highest BCUT2D eigenvalue weighted by atomic mass is 127. The number of piperazine rings is 1. The van der Waals surface area contributed by atoms with Crippen LogP contribution in [0.4, 0.5) is 21.2 Å². The summed E-state index contributed by atoms with van der Waals surface area (Å²) >= 11 is 1.73. The maximum atomic E-state index is 12.8. The van der Waals surface area contributed by atoms with E-state index in [1.54, 1.807) is 11.3 Å². The summed E-state index contributed by atoms with van der Waals surface area (Å²) < 4.78 is 22.7. The predicted molar refractivity (Wildman–Crippen MR) is 216 cm³/mol. The number of aliphatic imine (C=N–C) groups is 1. The van der Waals surface area contributed by atoms with E-state index in [4.69, 9.17) is 23.9 Å². The Hall–Kier alpha value is -2.91. The van der Waals surface area contributed by atoms with Crippen molar-refractivity contribution in [3.8, 4) is 0 Å². The second kappa shape index (κ2) is 25.4. The van der Waals surface area contributed by atoms with Gasteiger partial charge < -0.3 is 53.1 Å². The van der Waals surface area contributed by atoms with Crippen molar-refractivity contribution in [2.75, 3.05) is 58.5 Å². The van der Waals surface area contributed by atoms with Crippen LogP contribution in [0.15, 0.2) is 35.3 Å². The number of thiophene rings is 1. The molecular formula is C42H65IN4O7S. The molecular weight excluding hydrogens is 831 g/mol. The number of amidine groups is 1. The van der Waals surface area contributed by atoms with Gasteiger partial charge in [0.2, 0.25) is 6.73 Å². The molecule has 4 rings (SSSR count). The fourth-order valence-electron chi connectivity index (χ4n) is 6.76. The van der Waals surface area contributed by atoms with E-state index in [0.717, 1.165) is 92.5 Å². The number of likely N-dealkylation sites (N-methyl/N-ethyl adjacent to an activating group) is 1. The van der Waals surface area contributed by atoms with Crippen LogP contribution in [0.3, 0.4) is 0 Å². The molecule has 11 nitrogen and oxygen atoms in total. The van der Waals surface area contributed by atoms with Crippen molar-refractivity contribution in [1.29, 1.82) is 0 Å². The first-order valence-corrected chi connectivity index (χ1v) is 21.3. The molecule has 1 atom stereocenters. The van der Waals surface area contributed by atoms with Crippen molar-refractivity contribution in [3.05, 3.63) is 40.8 Å². The number of nitrogens with zero attached hydrogens (tertiary/aromatic N) is 3. The van der Waals surface area contributed by atoms with Gasteiger partial charge in [0.1, 0.15) is 24.1 Å². The molecule has 0 aliphatic carbocycles. The van der Waals surface area contributed by atoms with Crippen molar-refractivity contribution in [2.24, 2.45) is 4.99 Å². The number of ether oxygens (including phenoxy) is 4. The normalized spacial score (nSPS) is 14.9. The molecule has 0 spiro atoms. The molecule has 13 heteroatoms. The van der Waals surface area contributed by atoms with Crippen LogP contribution in [0, 0.1) is 6.92 Å². The molecule has 2 aliphatic rings. The Morgan fingerprint density at radius 1 is 0.818 bits per heavy atom. The summed E-state index contributed by atoms with van der Waals surface area (Å²) in [7, 11) is 2.07. The molecule has 3 heterocycles. The number of nitrogens with one attached hydrogen (secondary N) is 1. The second-order valence-corrected chi connectivity index (χ2v) is 16.4. The average molecular weight is 897 g/mol. The van der Waals surface area contributed by atoms with E-state index in [-0.39, 0.29) is 62.3 Å². The van der Waals surface area contributed by atoms with Crippen molar-refractivity contribution >= 4 is 51.6 Å². The van der Waals surface area contributed by atoms with Crippen LogP contribution in [0.25, 0.3) is 0 Å². The first-order valence-electron chi connectivity index (χ1n) is 20.5. The first-order chi connectivity index (χ1) is 26.2. The van der Waals surface area contributed by atoms with Crippen LogP contribution in [0.1, 0.15) is 127 Å². The third kappa shape index (κ3) is 16.6. The van der Waals surface area contributed by atoms with Gasteiger partial charge in [-0.15, -0.1) is 11.3 Å². The molecule has 0 radical (unpaired) electrons. The van der Waals surface area contributed by atoms with Crippen LogP contribution in [-0.2, 0) is 28.5 Å². The molecule has 55 heavy (non-hydrogen) atoms. The number of fused-ring (bicyclic) bond motifs is 2. The summed E-state index contributed by atoms with van der Waals surface area (Å²) in [6.45, 7) is 9.20. The molecule has 2 aliphatic heterocycles. The summed E-state index contributed by atoms with van der Waals surface area (Å²) in [5, 5.41) is 4.66. The maximum Gasteiger partial charge on any atom is 0.512 e. The van der Waals surface area contributed by atoms with Crippen LogP contribution >= 0.6 is 11.3 Å². The van der Waals surface area contributed by atoms with Gasteiger partial charge in [-0.2, -0.15) is 0 Å². The predicted octanol–water partition coefficient (Wildman–Crippen LogP) is 6.81. The lowest BCUT2D eigenvalue weighted by Crippen LogP contribution is -3.00. The lowest BCUT2D eigenvalue weighted by Gasteiger charge is -2.41. The number of halogens is 1. The zero-order valence-corrected chi connectivity index (χ0v) is 36.7. The molecule has 0 saturated carbocycles. The van der Waals surface area contributed by atoms with E-state index in [0.29, 0.717) is 10.9 Å². The van der Waals surface area contributed by atoms with Crippen LogP contribution < -0.4 is 29.3 Å². The number of quaternary nitrogens is 1. The minimum atomic E-state index is -0.897. The molecule has 1 aromatic heterocycles. The van der Waals surface area contributed by atoms with E-state index < -0.39 is 12.3 Å². The average Bonchev–Trinajstić information content (AvgIpc) is 3.45. The lowest BCUT2D eigenvalue weighted by atomic mass is 10.1. The number of anilines is 2. The van der Waals surface area contributed by atoms with Crippen molar-refractivity contribution in [1.82, 2.24) is 4.90 Å². The van der Waals surface area contributed by atoms with Gasteiger partial charge in [-0.05, 0) is 38.0 Å². The van der Waals surface area contributed by atoms with E-state index in [9.17, 15) is 14.4 Å². The molecule has 0 unspecified atom stereocenters. The topological polar surface area (TPSA) is 116 Å². The fraction of sp³-hybridized carbons (Fsp3) is 0.667. The zero-order chi connectivity index (χ0) is 38.6. The molecule has 0 amide bonds. The van der Waals surface area contributed by atoms with E-state index >= 15 is 0 Å². The van der Waals surface area contributed by atoms with Crippen molar-refractivity contribution in [3.63, 3.8) is 0 Å². The fourth-order valence-corrected chi connectivity index (χ4v) is 7.68. The SMILES string of the molecule is CCCCCCCCCC(=O)OC[C@@H](COC(=O)OC[N+]1(C)CCN(C2=Nc3ccccc3Nc3sc(C)cc32)CC1)OC(=O)CCCCCCCCC.[I-]. The summed E-state index contributed by atoms with van der Waals surface area (Å²) in [4.78, 5) is 46.6. The number of unbranched alkanes of at least 4 members (excludes halogenated alkanes) is 12. The highest BCUT2D eigenvalue weighted by Gasteiger charge is 2.34. The number of hydrogen-bond acceptors (Lipinski definition) is 11. The van der Waals surface area contributed by atoms with E-state index in [1.807, 2.05) is 18.2 Å². The Labute approximate surface area is 350 Å². The van der Waals surface area contributed by atoms with Gasteiger partial charge in [0.25, 0.3) is 0 Å². The van der Waals surface area contributed by atoms with Gasteiger partial charge in [-0.3, -0.25) is 14.1 Å². The quantitative estimate of drug-likeness (QED) is 0.0423. The van der Waals surface area contributed by atoms with Gasteiger partial charge in [-0.1, -0.05) is 103 Å².